The second kappa shape index (κ2) is 6.56. The first-order valence-corrected chi connectivity index (χ1v) is 6.39. The van der Waals surface area contributed by atoms with Crippen LogP contribution in [0.15, 0.2) is 36.5 Å². The van der Waals surface area contributed by atoms with Crippen LogP contribution < -0.4 is 10.6 Å². The number of hydrogen-bond donors (Lipinski definition) is 4. The zero-order chi connectivity index (χ0) is 15.2. The highest BCUT2D eigenvalue weighted by Crippen LogP contribution is 2.12. The van der Waals surface area contributed by atoms with E-state index in [9.17, 15) is 14.7 Å². The fourth-order valence-electron chi connectivity index (χ4n) is 1.84. The average Bonchev–Trinajstić information content (AvgIpc) is 2.88. The number of aromatic amines is 1. The van der Waals surface area contributed by atoms with Crippen molar-refractivity contribution in [2.45, 2.75) is 19.5 Å². The summed E-state index contributed by atoms with van der Waals surface area (Å²) < 4.78 is 0. The maximum absolute atomic E-state index is 11.8. The highest BCUT2D eigenvalue weighted by atomic mass is 16.4. The Labute approximate surface area is 121 Å². The summed E-state index contributed by atoms with van der Waals surface area (Å²) in [4.78, 5) is 23.1. The molecular weight excluding hydrogens is 272 g/mol. The van der Waals surface area contributed by atoms with Crippen molar-refractivity contribution < 1.29 is 14.7 Å². The number of amides is 2. The maximum Gasteiger partial charge on any atom is 0.330 e. The third-order valence-corrected chi connectivity index (χ3v) is 3.03. The van der Waals surface area contributed by atoms with E-state index in [-0.39, 0.29) is 6.54 Å². The van der Waals surface area contributed by atoms with Crippen molar-refractivity contribution in [3.63, 3.8) is 0 Å². The lowest BCUT2D eigenvalue weighted by Crippen LogP contribution is -2.40. The van der Waals surface area contributed by atoms with Gasteiger partial charge in [0.05, 0.1) is 6.20 Å². The molecule has 0 aliphatic carbocycles. The molecule has 4 N–H and O–H groups in total. The third kappa shape index (κ3) is 3.82. The molecule has 0 radical (unpaired) electrons. The smallest absolute Gasteiger partial charge is 0.330 e. The van der Waals surface area contributed by atoms with E-state index in [0.717, 1.165) is 11.3 Å². The van der Waals surface area contributed by atoms with Gasteiger partial charge in [-0.25, -0.2) is 9.59 Å². The Morgan fingerprint density at radius 3 is 2.62 bits per heavy atom. The minimum atomic E-state index is -1.11. The number of carboxylic acid groups (broad SMARTS) is 1. The van der Waals surface area contributed by atoms with Gasteiger partial charge >= 0.3 is 12.0 Å². The van der Waals surface area contributed by atoms with Crippen LogP contribution in [-0.2, 0) is 11.3 Å². The number of urea groups is 1. The summed E-state index contributed by atoms with van der Waals surface area (Å²) in [7, 11) is 0. The van der Waals surface area contributed by atoms with Crippen LogP contribution in [0.2, 0.25) is 0 Å². The van der Waals surface area contributed by atoms with Gasteiger partial charge in [-0.2, -0.15) is 5.10 Å². The number of rotatable bonds is 5. The molecule has 1 aromatic carbocycles. The van der Waals surface area contributed by atoms with E-state index in [1.54, 1.807) is 36.5 Å². The molecule has 2 amide bonds. The van der Waals surface area contributed by atoms with Gasteiger partial charge in [-0.05, 0) is 12.5 Å². The summed E-state index contributed by atoms with van der Waals surface area (Å²) in [6, 6.07) is 6.89. The molecule has 0 aliphatic rings. The van der Waals surface area contributed by atoms with Crippen molar-refractivity contribution in [3.05, 3.63) is 53.3 Å². The van der Waals surface area contributed by atoms with E-state index >= 15 is 0 Å². The Morgan fingerprint density at radius 1 is 1.33 bits per heavy atom. The number of aryl methyl sites for hydroxylation is 1. The summed E-state index contributed by atoms with van der Waals surface area (Å²) in [6.45, 7) is 2.11. The topological polar surface area (TPSA) is 107 Å². The van der Waals surface area contributed by atoms with Crippen LogP contribution in [0.3, 0.4) is 0 Å². The molecule has 7 nitrogen and oxygen atoms in total. The molecule has 21 heavy (non-hydrogen) atoms. The lowest BCUT2D eigenvalue weighted by atomic mass is 10.1. The van der Waals surface area contributed by atoms with E-state index in [2.05, 4.69) is 20.8 Å². The van der Waals surface area contributed by atoms with Crippen LogP contribution in [-0.4, -0.2) is 27.3 Å². The second-order valence-electron chi connectivity index (χ2n) is 4.53. The molecule has 0 spiro atoms. The number of H-pyrrole nitrogens is 1. The van der Waals surface area contributed by atoms with Gasteiger partial charge in [-0.1, -0.05) is 30.3 Å². The van der Waals surface area contributed by atoms with Gasteiger partial charge < -0.3 is 15.7 Å². The van der Waals surface area contributed by atoms with Gasteiger partial charge in [0, 0.05) is 17.8 Å². The number of nitrogens with one attached hydrogen (secondary N) is 3. The molecule has 1 heterocycles. The van der Waals surface area contributed by atoms with Gasteiger partial charge in [0.1, 0.15) is 0 Å². The number of hydrogen-bond acceptors (Lipinski definition) is 3. The van der Waals surface area contributed by atoms with Gasteiger partial charge in [0.2, 0.25) is 0 Å². The molecule has 0 aliphatic heterocycles. The summed E-state index contributed by atoms with van der Waals surface area (Å²) in [5.41, 5.74) is 2.21. The quantitative estimate of drug-likeness (QED) is 0.666. The molecule has 1 unspecified atom stereocenters. The van der Waals surface area contributed by atoms with Crippen LogP contribution in [0.25, 0.3) is 0 Å². The third-order valence-electron chi connectivity index (χ3n) is 3.03. The largest absolute Gasteiger partial charge is 0.479 e. The van der Waals surface area contributed by atoms with E-state index in [1.807, 2.05) is 6.92 Å². The highest BCUT2D eigenvalue weighted by molar-refractivity contribution is 5.83. The molecular formula is C14H16N4O3. The Kier molecular flexibility index (Phi) is 4.55. The number of aliphatic carboxylic acids is 1. The summed E-state index contributed by atoms with van der Waals surface area (Å²) in [6.07, 6.45) is 1.61. The van der Waals surface area contributed by atoms with Crippen LogP contribution in [0, 0.1) is 6.92 Å². The van der Waals surface area contributed by atoms with Crippen LogP contribution in [0.5, 0.6) is 0 Å². The zero-order valence-corrected chi connectivity index (χ0v) is 11.5. The van der Waals surface area contributed by atoms with Crippen molar-refractivity contribution in [2.24, 2.45) is 0 Å². The van der Waals surface area contributed by atoms with Crippen molar-refractivity contribution in [1.82, 2.24) is 20.8 Å². The van der Waals surface area contributed by atoms with Crippen molar-refractivity contribution in [1.29, 1.82) is 0 Å². The first-order chi connectivity index (χ1) is 10.1. The van der Waals surface area contributed by atoms with E-state index in [4.69, 9.17) is 0 Å². The molecule has 0 fully saturated rings. The molecule has 7 heteroatoms. The standard InChI is InChI=1S/C14H16N4O3/c1-9-11(8-16-18-9)7-15-14(21)17-12(13(19)20)10-5-3-2-4-6-10/h2-6,8,12H,7H2,1H3,(H,16,18)(H,19,20)(H2,15,17,21). The fourth-order valence-corrected chi connectivity index (χ4v) is 1.84. The molecule has 0 saturated carbocycles. The Bertz CT molecular complexity index is 624. The summed E-state index contributed by atoms with van der Waals surface area (Å²) in [5, 5.41) is 20.9. The van der Waals surface area contributed by atoms with Crippen molar-refractivity contribution >= 4 is 12.0 Å². The minimum absolute atomic E-state index is 0.273. The lowest BCUT2D eigenvalue weighted by Gasteiger charge is -2.15. The van der Waals surface area contributed by atoms with Crippen LogP contribution >= 0.6 is 0 Å². The highest BCUT2D eigenvalue weighted by Gasteiger charge is 2.21. The Hall–Kier alpha value is -2.83. The molecule has 0 bridgehead atoms. The van der Waals surface area contributed by atoms with Crippen LogP contribution in [0.4, 0.5) is 4.79 Å². The predicted octanol–water partition coefficient (Wildman–Crippen LogP) is 1.34. The minimum Gasteiger partial charge on any atom is -0.479 e. The van der Waals surface area contributed by atoms with Gasteiger partial charge in [-0.3, -0.25) is 5.10 Å². The number of carbonyl (C=O) groups excluding carboxylic acids is 1. The first-order valence-electron chi connectivity index (χ1n) is 6.39. The average molecular weight is 288 g/mol. The normalized spacial score (nSPS) is 11.7. The molecule has 110 valence electrons. The number of carboxylic acids is 1. The molecule has 1 aromatic heterocycles. The first kappa shape index (κ1) is 14.6. The van der Waals surface area contributed by atoms with Gasteiger partial charge in [0.15, 0.2) is 6.04 Å². The van der Waals surface area contributed by atoms with Gasteiger partial charge in [-0.15, -0.1) is 0 Å². The lowest BCUT2D eigenvalue weighted by molar-refractivity contribution is -0.139. The summed E-state index contributed by atoms with van der Waals surface area (Å²) >= 11 is 0. The van der Waals surface area contributed by atoms with Crippen molar-refractivity contribution in [3.8, 4) is 0 Å². The van der Waals surface area contributed by atoms with E-state index in [1.165, 1.54) is 0 Å². The van der Waals surface area contributed by atoms with E-state index in [0.29, 0.717) is 5.56 Å². The predicted molar refractivity (Wildman–Crippen MR) is 75.5 cm³/mol. The maximum atomic E-state index is 11.8. The zero-order valence-electron chi connectivity index (χ0n) is 11.5. The molecule has 1 atom stereocenters. The monoisotopic (exact) mass is 288 g/mol. The summed E-state index contributed by atoms with van der Waals surface area (Å²) in [5.74, 6) is -1.11. The van der Waals surface area contributed by atoms with Crippen LogP contribution in [0.1, 0.15) is 22.9 Å². The Balaban J connectivity index is 1.96. The molecule has 0 saturated heterocycles. The number of aromatic nitrogens is 2. The number of nitrogens with zero attached hydrogens (tertiary/aromatic N) is 1. The van der Waals surface area contributed by atoms with E-state index < -0.39 is 18.0 Å². The Morgan fingerprint density at radius 2 is 2.05 bits per heavy atom. The number of benzene rings is 1. The SMILES string of the molecule is Cc1[nH]ncc1CNC(=O)NC(C(=O)O)c1ccccc1. The fraction of sp³-hybridized carbons (Fsp3) is 0.214. The number of carbonyl (C=O) groups is 2. The second-order valence-corrected chi connectivity index (χ2v) is 4.53. The van der Waals surface area contributed by atoms with Crippen molar-refractivity contribution in [2.75, 3.05) is 0 Å². The van der Waals surface area contributed by atoms with Gasteiger partial charge in [0.25, 0.3) is 0 Å². The molecule has 2 rings (SSSR count). The molecule has 2 aromatic rings.